The number of morpholine rings is 1. The Bertz CT molecular complexity index is 514. The van der Waals surface area contributed by atoms with Crippen LogP contribution in [-0.2, 0) is 9.53 Å². The molecule has 0 bridgehead atoms. The lowest BCUT2D eigenvalue weighted by Gasteiger charge is -2.34. The van der Waals surface area contributed by atoms with Crippen molar-refractivity contribution in [2.75, 3.05) is 31.7 Å². The van der Waals surface area contributed by atoms with Crippen LogP contribution >= 0.6 is 11.6 Å². The number of likely N-dealkylation sites (N-methyl/N-ethyl adjacent to an activating group) is 1. The van der Waals surface area contributed by atoms with Gasteiger partial charge in [0.1, 0.15) is 6.04 Å². The summed E-state index contributed by atoms with van der Waals surface area (Å²) < 4.78 is 10.8. The zero-order valence-corrected chi connectivity index (χ0v) is 12.9. The number of nitrogens with one attached hydrogen (secondary N) is 1. The molecule has 1 fully saturated rings. The van der Waals surface area contributed by atoms with Crippen molar-refractivity contribution in [3.05, 3.63) is 5.28 Å². The van der Waals surface area contributed by atoms with Crippen LogP contribution in [0.5, 0.6) is 6.01 Å². The van der Waals surface area contributed by atoms with E-state index >= 15 is 0 Å². The van der Waals surface area contributed by atoms with Crippen molar-refractivity contribution in [3.63, 3.8) is 0 Å². The van der Waals surface area contributed by atoms with Crippen LogP contribution in [0.2, 0.25) is 5.28 Å². The highest BCUT2D eigenvalue weighted by molar-refractivity contribution is 6.28. The molecule has 116 valence electrons. The highest BCUT2D eigenvalue weighted by Gasteiger charge is 2.31. The first-order valence-electron chi connectivity index (χ1n) is 6.65. The molecular formula is C12H18ClN5O3. The van der Waals surface area contributed by atoms with Crippen LogP contribution in [0, 0.1) is 0 Å². The average molecular weight is 316 g/mol. The summed E-state index contributed by atoms with van der Waals surface area (Å²) in [5.74, 6) is 0.139. The van der Waals surface area contributed by atoms with E-state index in [0.29, 0.717) is 19.1 Å². The van der Waals surface area contributed by atoms with Crippen LogP contribution in [0.4, 0.5) is 5.95 Å². The van der Waals surface area contributed by atoms with Crippen molar-refractivity contribution in [1.82, 2.24) is 20.3 Å². The minimum absolute atomic E-state index is 0.0257. The number of carbonyl (C=O) groups is 1. The molecular weight excluding hydrogens is 298 g/mol. The summed E-state index contributed by atoms with van der Waals surface area (Å²) in [6.07, 6.45) is -0.0873. The van der Waals surface area contributed by atoms with Gasteiger partial charge in [0.05, 0.1) is 19.3 Å². The lowest BCUT2D eigenvalue weighted by molar-refractivity contribution is -0.124. The maximum absolute atomic E-state index is 11.9. The third kappa shape index (κ3) is 3.92. The summed E-state index contributed by atoms with van der Waals surface area (Å²) in [5.41, 5.74) is 0. The molecule has 1 N–H and O–H groups in total. The number of hydrogen-bond donors (Lipinski definition) is 1. The van der Waals surface area contributed by atoms with Gasteiger partial charge in [-0.3, -0.25) is 4.79 Å². The monoisotopic (exact) mass is 315 g/mol. The average Bonchev–Trinajstić information content (AvgIpc) is 2.45. The van der Waals surface area contributed by atoms with Crippen LogP contribution in [-0.4, -0.2) is 59.8 Å². The summed E-state index contributed by atoms with van der Waals surface area (Å²) in [5, 5.41) is 2.63. The van der Waals surface area contributed by atoms with Gasteiger partial charge in [0.2, 0.25) is 17.1 Å². The molecule has 1 amide bonds. The number of aromatic nitrogens is 3. The summed E-state index contributed by atoms with van der Waals surface area (Å²) in [6.45, 7) is 4.96. The number of nitrogens with zero attached hydrogens (tertiary/aromatic N) is 4. The van der Waals surface area contributed by atoms with Crippen molar-refractivity contribution in [1.29, 1.82) is 0 Å². The van der Waals surface area contributed by atoms with Gasteiger partial charge in [0, 0.05) is 13.6 Å². The predicted octanol–water partition coefficient (Wildman–Crippen LogP) is 0.263. The fourth-order valence-corrected chi connectivity index (χ4v) is 2.09. The molecule has 1 unspecified atom stereocenters. The molecule has 2 rings (SSSR count). The summed E-state index contributed by atoms with van der Waals surface area (Å²) in [7, 11) is 1.57. The van der Waals surface area contributed by atoms with Gasteiger partial charge in [0.15, 0.2) is 0 Å². The molecule has 2 heterocycles. The van der Waals surface area contributed by atoms with Gasteiger partial charge in [-0.1, -0.05) is 0 Å². The summed E-state index contributed by atoms with van der Waals surface area (Å²) in [6, 6.07) is -0.365. The SMILES string of the molecule is CNC(=O)C1COCCN1c1nc(Cl)nc(OC(C)C)n1. The molecule has 1 aromatic heterocycles. The molecule has 21 heavy (non-hydrogen) atoms. The summed E-state index contributed by atoms with van der Waals surface area (Å²) in [4.78, 5) is 25.9. The van der Waals surface area contributed by atoms with Gasteiger partial charge in [-0.25, -0.2) is 0 Å². The van der Waals surface area contributed by atoms with Gasteiger partial charge in [-0.2, -0.15) is 15.0 Å². The first-order chi connectivity index (χ1) is 10.0. The van der Waals surface area contributed by atoms with Crippen molar-refractivity contribution >= 4 is 23.5 Å². The topological polar surface area (TPSA) is 89.5 Å². The first kappa shape index (κ1) is 15.7. The molecule has 0 saturated carbocycles. The van der Waals surface area contributed by atoms with Crippen molar-refractivity contribution in [2.45, 2.75) is 26.0 Å². The number of amides is 1. The second kappa shape index (κ2) is 6.86. The van der Waals surface area contributed by atoms with E-state index in [2.05, 4.69) is 20.3 Å². The van der Waals surface area contributed by atoms with Gasteiger partial charge in [-0.05, 0) is 25.4 Å². The zero-order valence-electron chi connectivity index (χ0n) is 12.2. The lowest BCUT2D eigenvalue weighted by atomic mass is 10.2. The molecule has 0 radical (unpaired) electrons. The standard InChI is InChI=1S/C12H18ClN5O3/c1-7(2)21-12-16-10(13)15-11(17-12)18-4-5-20-6-8(18)9(19)14-3/h7-8H,4-6H2,1-3H3,(H,14,19). The lowest BCUT2D eigenvalue weighted by Crippen LogP contribution is -2.54. The van der Waals surface area contributed by atoms with Crippen LogP contribution < -0.4 is 15.0 Å². The zero-order chi connectivity index (χ0) is 15.4. The van der Waals surface area contributed by atoms with Gasteiger partial charge in [0.25, 0.3) is 0 Å². The highest BCUT2D eigenvalue weighted by atomic mass is 35.5. The minimum Gasteiger partial charge on any atom is -0.461 e. The Morgan fingerprint density at radius 1 is 1.48 bits per heavy atom. The Morgan fingerprint density at radius 2 is 2.24 bits per heavy atom. The van der Waals surface area contributed by atoms with E-state index in [0.717, 1.165) is 0 Å². The van der Waals surface area contributed by atoms with Crippen LogP contribution in [0.3, 0.4) is 0 Å². The van der Waals surface area contributed by atoms with Gasteiger partial charge < -0.3 is 19.7 Å². The molecule has 1 aliphatic heterocycles. The molecule has 1 saturated heterocycles. The second-order valence-corrected chi connectivity index (χ2v) is 5.09. The van der Waals surface area contributed by atoms with Crippen molar-refractivity contribution < 1.29 is 14.3 Å². The van der Waals surface area contributed by atoms with E-state index in [1.165, 1.54) is 0 Å². The van der Waals surface area contributed by atoms with Gasteiger partial charge >= 0.3 is 6.01 Å². The van der Waals surface area contributed by atoms with E-state index in [1.807, 2.05) is 13.8 Å². The number of ether oxygens (including phenoxy) is 2. The van der Waals surface area contributed by atoms with E-state index in [-0.39, 0.29) is 29.9 Å². The number of hydrogen-bond acceptors (Lipinski definition) is 7. The Labute approximate surface area is 127 Å². The van der Waals surface area contributed by atoms with E-state index in [1.54, 1.807) is 11.9 Å². The highest BCUT2D eigenvalue weighted by Crippen LogP contribution is 2.20. The van der Waals surface area contributed by atoms with Crippen molar-refractivity contribution in [3.8, 4) is 6.01 Å². The van der Waals surface area contributed by atoms with Crippen LogP contribution in [0.1, 0.15) is 13.8 Å². The quantitative estimate of drug-likeness (QED) is 0.852. The molecule has 9 heteroatoms. The largest absolute Gasteiger partial charge is 0.461 e. The molecule has 1 atom stereocenters. The molecule has 0 aliphatic carbocycles. The van der Waals surface area contributed by atoms with Crippen molar-refractivity contribution in [2.24, 2.45) is 0 Å². The molecule has 8 nitrogen and oxygen atoms in total. The Kier molecular flexibility index (Phi) is 5.13. The maximum Gasteiger partial charge on any atom is 0.322 e. The minimum atomic E-state index is -0.505. The van der Waals surface area contributed by atoms with E-state index in [9.17, 15) is 4.79 Å². The molecule has 0 spiro atoms. The third-order valence-electron chi connectivity index (χ3n) is 2.85. The Morgan fingerprint density at radius 3 is 2.90 bits per heavy atom. The molecule has 0 aromatic carbocycles. The summed E-state index contributed by atoms with van der Waals surface area (Å²) >= 11 is 5.91. The number of carbonyl (C=O) groups excluding carboxylic acids is 1. The fraction of sp³-hybridized carbons (Fsp3) is 0.667. The predicted molar refractivity (Wildman–Crippen MR) is 76.6 cm³/mol. The second-order valence-electron chi connectivity index (χ2n) is 4.75. The molecule has 1 aromatic rings. The number of halogens is 1. The molecule has 1 aliphatic rings. The van der Waals surface area contributed by atoms with Gasteiger partial charge in [-0.15, -0.1) is 0 Å². The maximum atomic E-state index is 11.9. The number of anilines is 1. The number of rotatable bonds is 4. The van der Waals surface area contributed by atoms with Crippen LogP contribution in [0.25, 0.3) is 0 Å². The van der Waals surface area contributed by atoms with Crippen LogP contribution in [0.15, 0.2) is 0 Å². The third-order valence-corrected chi connectivity index (χ3v) is 3.02. The Hall–Kier alpha value is -1.67. The first-order valence-corrected chi connectivity index (χ1v) is 7.03. The van der Waals surface area contributed by atoms with E-state index in [4.69, 9.17) is 21.1 Å². The Balaban J connectivity index is 2.29. The van der Waals surface area contributed by atoms with E-state index < -0.39 is 6.04 Å². The fourth-order valence-electron chi connectivity index (χ4n) is 1.94. The smallest absolute Gasteiger partial charge is 0.322 e. The normalized spacial score (nSPS) is 18.7.